The first-order chi connectivity index (χ1) is 15.1. The van der Waals surface area contributed by atoms with Crippen molar-refractivity contribution in [2.24, 2.45) is 7.05 Å². The van der Waals surface area contributed by atoms with Gasteiger partial charge in [-0.25, -0.2) is 9.59 Å². The van der Waals surface area contributed by atoms with Crippen LogP contribution in [-0.2, 0) is 33.9 Å². The van der Waals surface area contributed by atoms with Crippen LogP contribution in [0.3, 0.4) is 0 Å². The fraction of sp³-hybridized carbons (Fsp3) is 0.435. The smallest absolute Gasteiger partial charge is 0.431 e. The fourth-order valence-corrected chi connectivity index (χ4v) is 3.27. The lowest BCUT2D eigenvalue weighted by Gasteiger charge is -2.22. The second-order valence-corrected chi connectivity index (χ2v) is 8.57. The number of alkyl carbamates (subject to hydrolysis) is 1. The number of carbonyl (C=O) groups excluding carboxylic acids is 2. The van der Waals surface area contributed by atoms with Crippen LogP contribution in [0.5, 0.6) is 0 Å². The molecule has 2 rings (SSSR count). The summed E-state index contributed by atoms with van der Waals surface area (Å²) < 4.78 is 50.0. The van der Waals surface area contributed by atoms with E-state index in [-0.39, 0.29) is 17.5 Å². The summed E-state index contributed by atoms with van der Waals surface area (Å²) >= 11 is 0. The van der Waals surface area contributed by atoms with Crippen molar-refractivity contribution >= 4 is 12.1 Å². The van der Waals surface area contributed by atoms with Gasteiger partial charge in [-0.2, -0.15) is 13.2 Å². The van der Waals surface area contributed by atoms with Gasteiger partial charge in [-0.05, 0) is 50.5 Å². The molecule has 180 valence electrons. The number of halogens is 3. The first kappa shape index (κ1) is 26.0. The molecular weight excluding hydrogens is 441 g/mol. The number of carbonyl (C=O) groups is 2. The van der Waals surface area contributed by atoms with Gasteiger partial charge in [0, 0.05) is 13.5 Å². The van der Waals surface area contributed by atoms with Gasteiger partial charge in [0.2, 0.25) is 0 Å². The minimum Gasteiger partial charge on any atom is -0.467 e. The van der Waals surface area contributed by atoms with E-state index in [0.29, 0.717) is 15.7 Å². The van der Waals surface area contributed by atoms with Gasteiger partial charge in [-0.3, -0.25) is 4.79 Å². The summed E-state index contributed by atoms with van der Waals surface area (Å²) in [7, 11) is 2.27. The number of esters is 1. The minimum atomic E-state index is -4.65. The molecule has 0 fully saturated rings. The van der Waals surface area contributed by atoms with Crippen molar-refractivity contribution in [2.75, 3.05) is 7.11 Å². The van der Waals surface area contributed by atoms with Crippen LogP contribution in [0.15, 0.2) is 35.1 Å². The second kappa shape index (κ2) is 9.68. The van der Waals surface area contributed by atoms with E-state index in [0.717, 1.165) is 13.1 Å². The number of aryl methyl sites for hydroxylation is 1. The number of amides is 1. The molecule has 10 heteroatoms. The molecule has 1 aromatic heterocycles. The Morgan fingerprint density at radius 1 is 1.12 bits per heavy atom. The molecule has 1 heterocycles. The third kappa shape index (κ3) is 6.59. The van der Waals surface area contributed by atoms with Crippen molar-refractivity contribution in [3.8, 4) is 11.1 Å². The number of nitrogens with zero attached hydrogens (tertiary/aromatic N) is 1. The topological polar surface area (TPSA) is 86.6 Å². The van der Waals surface area contributed by atoms with E-state index in [2.05, 4.69) is 5.32 Å². The summed E-state index contributed by atoms with van der Waals surface area (Å²) in [6, 6.07) is 6.32. The number of nitrogens with one attached hydrogen (secondary N) is 1. The van der Waals surface area contributed by atoms with Gasteiger partial charge in [-0.1, -0.05) is 24.3 Å². The van der Waals surface area contributed by atoms with Crippen molar-refractivity contribution < 1.29 is 32.2 Å². The Bertz CT molecular complexity index is 1080. The summed E-state index contributed by atoms with van der Waals surface area (Å²) in [5, 5.41) is 2.47. The number of pyridine rings is 1. The maximum atomic E-state index is 13.2. The molecule has 0 bridgehead atoms. The Hall–Kier alpha value is -3.30. The molecule has 33 heavy (non-hydrogen) atoms. The summed E-state index contributed by atoms with van der Waals surface area (Å²) in [5.41, 5.74) is -1.15. The van der Waals surface area contributed by atoms with E-state index in [1.807, 2.05) is 0 Å². The van der Waals surface area contributed by atoms with Gasteiger partial charge < -0.3 is 19.4 Å². The predicted octanol–water partition coefficient (Wildman–Crippen LogP) is 3.99. The molecule has 0 aliphatic heterocycles. The van der Waals surface area contributed by atoms with E-state index >= 15 is 0 Å². The number of benzene rings is 1. The Morgan fingerprint density at radius 2 is 1.70 bits per heavy atom. The maximum absolute atomic E-state index is 13.2. The van der Waals surface area contributed by atoms with Gasteiger partial charge in [0.15, 0.2) is 0 Å². The number of ether oxygens (including phenoxy) is 2. The Balaban J connectivity index is 2.30. The number of methoxy groups -OCH3 is 1. The lowest BCUT2D eigenvalue weighted by atomic mass is 9.98. The Kier molecular flexibility index (Phi) is 7.61. The molecule has 1 atom stereocenters. The zero-order valence-corrected chi connectivity index (χ0v) is 19.3. The summed E-state index contributed by atoms with van der Waals surface area (Å²) in [4.78, 5) is 36.8. The van der Waals surface area contributed by atoms with Crippen LogP contribution in [0.4, 0.5) is 18.0 Å². The average molecular weight is 468 g/mol. The molecule has 0 aliphatic rings. The van der Waals surface area contributed by atoms with Crippen molar-refractivity contribution in [3.63, 3.8) is 0 Å². The standard InChI is InChI=1S/C23H27F3N2O5/c1-13-11-17(23(24,25)26)28(5)19(29)18(13)15-9-7-14(8-10-15)12-16(20(30)32-6)27-21(31)33-22(2,3)4/h7-11,16H,12H2,1-6H3,(H,27,31)/t16-/m0/s1. The Labute approximate surface area is 189 Å². The van der Waals surface area contributed by atoms with E-state index in [4.69, 9.17) is 9.47 Å². The normalized spacial score (nSPS) is 12.8. The molecule has 0 aliphatic carbocycles. The van der Waals surface area contributed by atoms with Crippen LogP contribution in [0.1, 0.15) is 37.6 Å². The average Bonchev–Trinajstić information content (AvgIpc) is 2.68. The first-order valence-electron chi connectivity index (χ1n) is 10.1. The zero-order valence-electron chi connectivity index (χ0n) is 19.3. The number of aromatic nitrogens is 1. The largest absolute Gasteiger partial charge is 0.467 e. The fourth-order valence-electron chi connectivity index (χ4n) is 3.27. The highest BCUT2D eigenvalue weighted by molar-refractivity contribution is 5.81. The van der Waals surface area contributed by atoms with Crippen molar-refractivity contribution in [3.05, 3.63) is 57.5 Å². The van der Waals surface area contributed by atoms with Gasteiger partial charge in [0.25, 0.3) is 5.56 Å². The number of hydrogen-bond donors (Lipinski definition) is 1. The highest BCUT2D eigenvalue weighted by Gasteiger charge is 2.34. The Morgan fingerprint density at radius 3 is 2.18 bits per heavy atom. The summed E-state index contributed by atoms with van der Waals surface area (Å²) in [6.07, 6.45) is -5.35. The number of rotatable bonds is 5. The molecule has 1 aromatic carbocycles. The van der Waals surface area contributed by atoms with Crippen LogP contribution in [0.25, 0.3) is 11.1 Å². The summed E-state index contributed by atoms with van der Waals surface area (Å²) in [6.45, 7) is 6.50. The third-order valence-corrected chi connectivity index (χ3v) is 4.78. The molecule has 7 nitrogen and oxygen atoms in total. The molecule has 1 amide bonds. The molecule has 0 spiro atoms. The van der Waals surface area contributed by atoms with Gasteiger partial charge in [0.1, 0.15) is 17.3 Å². The van der Waals surface area contributed by atoms with Crippen molar-refractivity contribution in [2.45, 2.75) is 51.9 Å². The van der Waals surface area contributed by atoms with Gasteiger partial charge in [-0.15, -0.1) is 0 Å². The highest BCUT2D eigenvalue weighted by Crippen LogP contribution is 2.31. The van der Waals surface area contributed by atoms with Crippen molar-refractivity contribution in [1.29, 1.82) is 0 Å². The van der Waals surface area contributed by atoms with Crippen LogP contribution in [0.2, 0.25) is 0 Å². The van der Waals surface area contributed by atoms with E-state index in [1.165, 1.54) is 14.0 Å². The monoisotopic (exact) mass is 468 g/mol. The number of alkyl halides is 3. The van der Waals surface area contributed by atoms with Gasteiger partial charge in [0.05, 0.1) is 12.7 Å². The SMILES string of the molecule is COC(=O)[C@H](Cc1ccc(-c2c(C)cc(C(F)(F)F)n(C)c2=O)cc1)NC(=O)OC(C)(C)C. The van der Waals surface area contributed by atoms with E-state index in [9.17, 15) is 27.6 Å². The third-order valence-electron chi connectivity index (χ3n) is 4.78. The van der Waals surface area contributed by atoms with E-state index < -0.39 is 41.1 Å². The van der Waals surface area contributed by atoms with Crippen LogP contribution in [0, 0.1) is 6.92 Å². The maximum Gasteiger partial charge on any atom is 0.431 e. The predicted molar refractivity (Wildman–Crippen MR) is 116 cm³/mol. The second-order valence-electron chi connectivity index (χ2n) is 8.57. The molecule has 0 saturated heterocycles. The minimum absolute atomic E-state index is 0.0796. The van der Waals surface area contributed by atoms with Crippen LogP contribution >= 0.6 is 0 Å². The molecule has 1 N–H and O–H groups in total. The highest BCUT2D eigenvalue weighted by atomic mass is 19.4. The lowest BCUT2D eigenvalue weighted by Crippen LogP contribution is -2.45. The van der Waals surface area contributed by atoms with E-state index in [1.54, 1.807) is 45.0 Å². The zero-order chi connectivity index (χ0) is 25.1. The quantitative estimate of drug-likeness (QED) is 0.671. The van der Waals surface area contributed by atoms with Crippen molar-refractivity contribution in [1.82, 2.24) is 9.88 Å². The number of hydrogen-bond acceptors (Lipinski definition) is 5. The molecule has 0 radical (unpaired) electrons. The van der Waals surface area contributed by atoms with Gasteiger partial charge >= 0.3 is 18.2 Å². The molecule has 0 unspecified atom stereocenters. The lowest BCUT2D eigenvalue weighted by molar-refractivity contribution is -0.144. The molecule has 2 aromatic rings. The molecule has 0 saturated carbocycles. The first-order valence-corrected chi connectivity index (χ1v) is 10.1. The van der Waals surface area contributed by atoms with Crippen LogP contribution in [-0.4, -0.2) is 35.4 Å². The molecular formula is C23H27F3N2O5. The summed E-state index contributed by atoms with van der Waals surface area (Å²) in [5.74, 6) is -0.669. The van der Waals surface area contributed by atoms with Crippen LogP contribution < -0.4 is 10.9 Å².